The molecule has 0 saturated heterocycles. The number of hydrazone groups is 1. The van der Waals surface area contributed by atoms with Gasteiger partial charge in [0.2, 0.25) is 0 Å². The summed E-state index contributed by atoms with van der Waals surface area (Å²) in [5.74, 6) is 0.762. The van der Waals surface area contributed by atoms with Crippen LogP contribution in [0.5, 0.6) is 0 Å². The van der Waals surface area contributed by atoms with Gasteiger partial charge in [-0.3, -0.25) is 14.8 Å². The number of carbonyl (C=O) groups excluding carboxylic acids is 1. The second-order valence-electron chi connectivity index (χ2n) is 5.85. The molecule has 4 rings (SSSR count). The van der Waals surface area contributed by atoms with Crippen molar-refractivity contribution in [3.63, 3.8) is 0 Å². The molecule has 2 aromatic carbocycles. The summed E-state index contributed by atoms with van der Waals surface area (Å²) in [5, 5.41) is 10.1. The van der Waals surface area contributed by atoms with E-state index in [0.29, 0.717) is 17.3 Å². The summed E-state index contributed by atoms with van der Waals surface area (Å²) >= 11 is 1.57. The van der Waals surface area contributed by atoms with Crippen LogP contribution in [0.4, 0.5) is 5.69 Å². The Labute approximate surface area is 150 Å². The van der Waals surface area contributed by atoms with Crippen molar-refractivity contribution < 1.29 is 4.79 Å². The van der Waals surface area contributed by atoms with E-state index in [0.717, 1.165) is 23.5 Å². The van der Waals surface area contributed by atoms with Gasteiger partial charge in [0, 0.05) is 12.2 Å². The molecule has 0 aromatic heterocycles. The Morgan fingerprint density at radius 1 is 1.08 bits per heavy atom. The summed E-state index contributed by atoms with van der Waals surface area (Å²) in [4.78, 5) is 16.9. The minimum absolute atomic E-state index is 0.0162. The largest absolute Gasteiger partial charge is 0.300 e. The standard InChI is InChI=1S/C19H18N4OS/c24-18(21-19-20-11-12-25-19)16-13-17(14-7-3-1-4-8-14)23(22-16)15-9-5-2-6-10-15/h1-10,17H,11-13H2,(H,20,21,24)/t17-/m1/s1. The van der Waals surface area contributed by atoms with Crippen molar-refractivity contribution in [3.8, 4) is 0 Å². The Bertz CT molecular complexity index is 820. The lowest BCUT2D eigenvalue weighted by Crippen LogP contribution is -2.33. The van der Waals surface area contributed by atoms with Gasteiger partial charge in [-0.1, -0.05) is 60.3 Å². The summed E-state index contributed by atoms with van der Waals surface area (Å²) in [6, 6.07) is 20.2. The van der Waals surface area contributed by atoms with Crippen molar-refractivity contribution in [1.82, 2.24) is 5.32 Å². The number of thioether (sulfide) groups is 1. The van der Waals surface area contributed by atoms with Crippen LogP contribution >= 0.6 is 11.8 Å². The molecule has 2 aliphatic heterocycles. The van der Waals surface area contributed by atoms with Crippen LogP contribution in [0.15, 0.2) is 70.8 Å². The Morgan fingerprint density at radius 2 is 1.80 bits per heavy atom. The highest BCUT2D eigenvalue weighted by Gasteiger charge is 2.32. The Kier molecular flexibility index (Phi) is 4.52. The third kappa shape index (κ3) is 3.44. The van der Waals surface area contributed by atoms with Gasteiger partial charge in [0.1, 0.15) is 5.71 Å². The first-order valence-electron chi connectivity index (χ1n) is 8.26. The highest BCUT2D eigenvalue weighted by atomic mass is 32.2. The van der Waals surface area contributed by atoms with Gasteiger partial charge >= 0.3 is 0 Å². The summed E-state index contributed by atoms with van der Waals surface area (Å²) in [5.41, 5.74) is 2.66. The maximum atomic E-state index is 12.6. The van der Waals surface area contributed by atoms with E-state index in [4.69, 9.17) is 0 Å². The third-order valence-electron chi connectivity index (χ3n) is 4.18. The minimum atomic E-state index is -0.160. The zero-order chi connectivity index (χ0) is 17.1. The topological polar surface area (TPSA) is 57.1 Å². The van der Waals surface area contributed by atoms with Crippen molar-refractivity contribution in [2.75, 3.05) is 17.3 Å². The van der Waals surface area contributed by atoms with Crippen LogP contribution < -0.4 is 10.3 Å². The third-order valence-corrected chi connectivity index (χ3v) is 5.07. The van der Waals surface area contributed by atoms with Crippen LogP contribution in [0.3, 0.4) is 0 Å². The van der Waals surface area contributed by atoms with Crippen molar-refractivity contribution in [3.05, 3.63) is 66.2 Å². The molecule has 0 unspecified atom stereocenters. The molecule has 0 bridgehead atoms. The van der Waals surface area contributed by atoms with E-state index < -0.39 is 0 Å². The molecule has 1 amide bonds. The van der Waals surface area contributed by atoms with Crippen molar-refractivity contribution in [2.45, 2.75) is 12.5 Å². The van der Waals surface area contributed by atoms with Gasteiger partial charge in [0.05, 0.1) is 18.3 Å². The van der Waals surface area contributed by atoms with Crippen LogP contribution in [0.25, 0.3) is 0 Å². The lowest BCUT2D eigenvalue weighted by Gasteiger charge is -2.23. The fourth-order valence-corrected chi connectivity index (χ4v) is 3.70. The SMILES string of the molecule is O=C(NC1=NCCS1)C1=NN(c2ccccc2)[C@@H](c2ccccc2)C1. The number of para-hydroxylation sites is 1. The zero-order valence-corrected chi connectivity index (χ0v) is 14.4. The predicted molar refractivity (Wildman–Crippen MR) is 103 cm³/mol. The van der Waals surface area contributed by atoms with Gasteiger partial charge in [-0.2, -0.15) is 5.10 Å². The molecule has 0 fully saturated rings. The maximum absolute atomic E-state index is 12.6. The molecule has 25 heavy (non-hydrogen) atoms. The van der Waals surface area contributed by atoms with Crippen LogP contribution in [-0.2, 0) is 4.79 Å². The Balaban J connectivity index is 1.61. The fraction of sp³-hybridized carbons (Fsp3) is 0.211. The lowest BCUT2D eigenvalue weighted by atomic mass is 10.0. The second kappa shape index (κ2) is 7.11. The second-order valence-corrected chi connectivity index (χ2v) is 6.93. The highest BCUT2D eigenvalue weighted by molar-refractivity contribution is 8.14. The van der Waals surface area contributed by atoms with Gasteiger partial charge < -0.3 is 5.32 Å². The number of amidine groups is 1. The number of hydrogen-bond acceptors (Lipinski definition) is 5. The van der Waals surface area contributed by atoms with Crippen LogP contribution in [0.2, 0.25) is 0 Å². The molecule has 126 valence electrons. The number of nitrogens with one attached hydrogen (secondary N) is 1. The lowest BCUT2D eigenvalue weighted by molar-refractivity contribution is -0.113. The molecule has 0 aliphatic carbocycles. The molecule has 0 radical (unpaired) electrons. The molecule has 2 aromatic rings. The maximum Gasteiger partial charge on any atom is 0.273 e. The fourth-order valence-electron chi connectivity index (χ4n) is 2.98. The molecule has 2 heterocycles. The van der Waals surface area contributed by atoms with Crippen LogP contribution in [0.1, 0.15) is 18.0 Å². The monoisotopic (exact) mass is 350 g/mol. The number of hydrogen-bond donors (Lipinski definition) is 1. The van der Waals surface area contributed by atoms with Gasteiger partial charge in [-0.05, 0) is 17.7 Å². The number of rotatable bonds is 3. The van der Waals surface area contributed by atoms with E-state index in [-0.39, 0.29) is 11.9 Å². The van der Waals surface area contributed by atoms with Crippen LogP contribution in [-0.4, -0.2) is 29.1 Å². The normalized spacial score (nSPS) is 19.5. The predicted octanol–water partition coefficient (Wildman–Crippen LogP) is 3.21. The van der Waals surface area contributed by atoms with E-state index in [1.54, 1.807) is 11.8 Å². The van der Waals surface area contributed by atoms with Crippen LogP contribution in [0, 0.1) is 0 Å². The first-order valence-corrected chi connectivity index (χ1v) is 9.25. The smallest absolute Gasteiger partial charge is 0.273 e. The molecule has 1 N–H and O–H groups in total. The number of aliphatic imine (C=N–C) groups is 1. The van der Waals surface area contributed by atoms with E-state index >= 15 is 0 Å². The quantitative estimate of drug-likeness (QED) is 0.925. The molecule has 0 saturated carbocycles. The highest BCUT2D eigenvalue weighted by Crippen LogP contribution is 2.35. The molecule has 6 heteroatoms. The zero-order valence-electron chi connectivity index (χ0n) is 13.6. The summed E-state index contributed by atoms with van der Waals surface area (Å²) in [6.07, 6.45) is 0.572. The number of amides is 1. The van der Waals surface area contributed by atoms with Crippen molar-refractivity contribution in [1.29, 1.82) is 0 Å². The average molecular weight is 350 g/mol. The summed E-state index contributed by atoms with van der Waals surface area (Å²) in [6.45, 7) is 0.759. The van der Waals surface area contributed by atoms with Gasteiger partial charge in [0.15, 0.2) is 5.17 Å². The number of nitrogens with zero attached hydrogens (tertiary/aromatic N) is 3. The van der Waals surface area contributed by atoms with E-state index in [1.807, 2.05) is 53.5 Å². The Morgan fingerprint density at radius 3 is 2.48 bits per heavy atom. The summed E-state index contributed by atoms with van der Waals surface area (Å²) in [7, 11) is 0. The average Bonchev–Trinajstić information content (AvgIpc) is 3.33. The van der Waals surface area contributed by atoms with E-state index in [2.05, 4.69) is 27.5 Å². The molecule has 0 spiro atoms. The number of anilines is 1. The van der Waals surface area contributed by atoms with E-state index in [1.165, 1.54) is 0 Å². The summed E-state index contributed by atoms with van der Waals surface area (Å²) < 4.78 is 0. The van der Waals surface area contributed by atoms with Gasteiger partial charge in [0.25, 0.3) is 5.91 Å². The first kappa shape index (κ1) is 15.9. The van der Waals surface area contributed by atoms with Crippen molar-refractivity contribution >= 4 is 34.2 Å². The minimum Gasteiger partial charge on any atom is -0.300 e. The molecule has 1 atom stereocenters. The number of benzene rings is 2. The molecular formula is C19H18N4OS. The molecular weight excluding hydrogens is 332 g/mol. The van der Waals surface area contributed by atoms with Gasteiger partial charge in [-0.25, -0.2) is 0 Å². The first-order chi connectivity index (χ1) is 12.3. The molecule has 5 nitrogen and oxygen atoms in total. The van der Waals surface area contributed by atoms with Crippen molar-refractivity contribution in [2.24, 2.45) is 10.1 Å². The molecule has 2 aliphatic rings. The van der Waals surface area contributed by atoms with E-state index in [9.17, 15) is 4.79 Å². The number of carbonyl (C=O) groups is 1. The Hall–Kier alpha value is -2.60. The van der Waals surface area contributed by atoms with Gasteiger partial charge in [-0.15, -0.1) is 0 Å².